The lowest BCUT2D eigenvalue weighted by Gasteiger charge is -2.44. The zero-order valence-electron chi connectivity index (χ0n) is 36.6. The third-order valence-electron chi connectivity index (χ3n) is 12.3. The minimum Gasteiger partial charge on any atom is -0.465 e. The van der Waals surface area contributed by atoms with Crippen molar-refractivity contribution in [1.82, 2.24) is 4.90 Å². The predicted octanol–water partition coefficient (Wildman–Crippen LogP) is 13.8. The lowest BCUT2D eigenvalue weighted by Crippen LogP contribution is -2.48. The van der Waals surface area contributed by atoms with Crippen LogP contribution in [0.25, 0.3) is 0 Å². The molecule has 0 spiro atoms. The topological polar surface area (TPSA) is 55.8 Å². The van der Waals surface area contributed by atoms with Crippen molar-refractivity contribution in [3.05, 3.63) is 0 Å². The fourth-order valence-electron chi connectivity index (χ4n) is 8.05. The highest BCUT2D eigenvalue weighted by Gasteiger charge is 2.31. The van der Waals surface area contributed by atoms with Gasteiger partial charge >= 0.3 is 11.9 Å². The van der Waals surface area contributed by atoms with E-state index in [4.69, 9.17) is 9.47 Å². The smallest absolute Gasteiger partial charge is 0.305 e. The molecule has 0 aromatic heterocycles. The fourth-order valence-corrected chi connectivity index (χ4v) is 8.05. The molecule has 0 N–H and O–H groups in total. The summed E-state index contributed by atoms with van der Waals surface area (Å²) in [7, 11) is 0. The largest absolute Gasteiger partial charge is 0.465 e. The minimum atomic E-state index is 0.00381. The molecule has 0 bridgehead atoms. The maximum atomic E-state index is 12.3. The molecule has 1 saturated heterocycles. The van der Waals surface area contributed by atoms with Gasteiger partial charge in [-0.15, -0.1) is 0 Å². The number of carbonyl (C=O) groups excluding carboxylic acids is 2. The summed E-state index contributed by atoms with van der Waals surface area (Å²) in [5.41, 5.74) is 0.355. The molecule has 1 aliphatic heterocycles. The van der Waals surface area contributed by atoms with Crippen LogP contribution in [0.3, 0.4) is 0 Å². The molecule has 5 nitrogen and oxygen atoms in total. The monoisotopic (exact) mass is 734 g/mol. The Labute approximate surface area is 325 Å². The maximum Gasteiger partial charge on any atom is 0.305 e. The average molecular weight is 734 g/mol. The van der Waals surface area contributed by atoms with Crippen molar-refractivity contribution in [3.63, 3.8) is 0 Å². The summed E-state index contributed by atoms with van der Waals surface area (Å²) in [5, 5.41) is 0. The highest BCUT2D eigenvalue weighted by molar-refractivity contribution is 5.69. The van der Waals surface area contributed by atoms with E-state index in [9.17, 15) is 9.59 Å². The van der Waals surface area contributed by atoms with Crippen molar-refractivity contribution in [1.29, 1.82) is 0 Å². The van der Waals surface area contributed by atoms with Crippen LogP contribution in [0.2, 0.25) is 0 Å². The van der Waals surface area contributed by atoms with Gasteiger partial charge < -0.3 is 9.47 Å². The van der Waals surface area contributed by atoms with Crippen LogP contribution in [-0.4, -0.2) is 48.7 Å². The lowest BCUT2D eigenvalue weighted by atomic mass is 9.85. The molecule has 0 amide bonds. The summed E-state index contributed by atoms with van der Waals surface area (Å²) in [5.74, 6) is 3.52. The number of likely N-dealkylation sites (tertiary alicyclic amines) is 1. The molecular formula is C47H91NO4. The Morgan fingerprint density at radius 3 is 1.19 bits per heavy atom. The quantitative estimate of drug-likeness (QED) is 0.0496. The van der Waals surface area contributed by atoms with Crippen LogP contribution >= 0.6 is 0 Å². The number of unbranched alkanes of at least 4 members (excludes halogenated alkanes) is 12. The standard InChI is InChI=1S/C47H91NO4/c1-39(2)29-31-43(41(5)6)37-51-45(49)27-21-16-12-10-14-18-23-33-47(9,48-35-25-20-26-36-48)34-24-19-15-11-13-17-22-28-46(50)52-38-44(42(7)8)32-30-40(3)4/h39-44H,10-38H2,1-9H3. The van der Waals surface area contributed by atoms with Gasteiger partial charge in [0.15, 0.2) is 0 Å². The van der Waals surface area contributed by atoms with Crippen molar-refractivity contribution < 1.29 is 19.1 Å². The molecule has 5 heteroatoms. The number of ether oxygens (including phenoxy) is 2. The first kappa shape index (κ1) is 48.9. The molecule has 1 aliphatic rings. The second kappa shape index (κ2) is 30.2. The Morgan fingerprint density at radius 1 is 0.500 bits per heavy atom. The molecule has 1 fully saturated rings. The summed E-state index contributed by atoms with van der Waals surface area (Å²) in [6.45, 7) is 24.4. The van der Waals surface area contributed by atoms with Crippen LogP contribution in [0.15, 0.2) is 0 Å². The van der Waals surface area contributed by atoms with Gasteiger partial charge in [0.2, 0.25) is 0 Å². The first-order valence-electron chi connectivity index (χ1n) is 22.9. The SMILES string of the molecule is CC(C)CCC(COC(=O)CCCCCCCCCC(C)(CCCCCCCCCC(=O)OCC(CCC(C)C)C(C)C)N1CCCCC1)C(C)C. The molecule has 2 atom stereocenters. The number of hydrogen-bond donors (Lipinski definition) is 0. The molecular weight excluding hydrogens is 643 g/mol. The third kappa shape index (κ3) is 25.1. The van der Waals surface area contributed by atoms with E-state index >= 15 is 0 Å². The minimum absolute atomic E-state index is 0.00381. The first-order valence-corrected chi connectivity index (χ1v) is 22.9. The van der Waals surface area contributed by atoms with Crippen molar-refractivity contribution in [2.45, 2.75) is 228 Å². The average Bonchev–Trinajstić information content (AvgIpc) is 3.09. The van der Waals surface area contributed by atoms with E-state index in [1.54, 1.807) is 0 Å². The Morgan fingerprint density at radius 2 is 0.846 bits per heavy atom. The van der Waals surface area contributed by atoms with Gasteiger partial charge in [0.25, 0.3) is 0 Å². The summed E-state index contributed by atoms with van der Waals surface area (Å²) < 4.78 is 11.4. The van der Waals surface area contributed by atoms with Crippen LogP contribution < -0.4 is 0 Å². The molecule has 0 aromatic rings. The van der Waals surface area contributed by atoms with E-state index in [2.05, 4.69) is 67.2 Å². The van der Waals surface area contributed by atoms with E-state index in [0.717, 1.165) is 38.5 Å². The van der Waals surface area contributed by atoms with Crippen LogP contribution in [0.5, 0.6) is 0 Å². The van der Waals surface area contributed by atoms with Gasteiger partial charge in [0.05, 0.1) is 13.2 Å². The van der Waals surface area contributed by atoms with Gasteiger partial charge in [-0.3, -0.25) is 14.5 Å². The summed E-state index contributed by atoms with van der Waals surface area (Å²) >= 11 is 0. The molecule has 1 rings (SSSR count). The number of piperidine rings is 1. The Bertz CT molecular complexity index is 803. The van der Waals surface area contributed by atoms with Crippen molar-refractivity contribution in [3.8, 4) is 0 Å². The van der Waals surface area contributed by atoms with Gasteiger partial charge in [-0.05, 0) is 107 Å². The molecule has 0 saturated carbocycles. The molecule has 0 aromatic carbocycles. The highest BCUT2D eigenvalue weighted by Crippen LogP contribution is 2.32. The summed E-state index contributed by atoms with van der Waals surface area (Å²) in [4.78, 5) is 27.5. The van der Waals surface area contributed by atoms with Crippen molar-refractivity contribution >= 4 is 11.9 Å². The second-order valence-electron chi connectivity index (χ2n) is 18.8. The van der Waals surface area contributed by atoms with Gasteiger partial charge in [-0.2, -0.15) is 0 Å². The number of carbonyl (C=O) groups is 2. The van der Waals surface area contributed by atoms with Gasteiger partial charge in [0, 0.05) is 18.4 Å². The zero-order chi connectivity index (χ0) is 38.6. The van der Waals surface area contributed by atoms with E-state index in [1.165, 1.54) is 122 Å². The zero-order valence-corrected chi connectivity index (χ0v) is 36.6. The van der Waals surface area contributed by atoms with Gasteiger partial charge in [-0.1, -0.05) is 152 Å². The third-order valence-corrected chi connectivity index (χ3v) is 12.3. The lowest BCUT2D eigenvalue weighted by molar-refractivity contribution is -0.146. The molecule has 52 heavy (non-hydrogen) atoms. The Balaban J connectivity index is 2.18. The summed E-state index contributed by atoms with van der Waals surface area (Å²) in [6.07, 6.45) is 29.9. The molecule has 2 unspecified atom stereocenters. The number of esters is 2. The second-order valence-corrected chi connectivity index (χ2v) is 18.8. The summed E-state index contributed by atoms with van der Waals surface area (Å²) in [6, 6.07) is 0. The molecule has 0 aliphatic carbocycles. The predicted molar refractivity (Wildman–Crippen MR) is 224 cm³/mol. The fraction of sp³-hybridized carbons (Fsp3) is 0.957. The van der Waals surface area contributed by atoms with Crippen molar-refractivity contribution in [2.75, 3.05) is 26.3 Å². The Hall–Kier alpha value is -1.10. The normalized spacial score (nSPS) is 16.5. The van der Waals surface area contributed by atoms with Crippen LogP contribution in [0, 0.1) is 35.5 Å². The molecule has 308 valence electrons. The van der Waals surface area contributed by atoms with Crippen LogP contribution in [-0.2, 0) is 19.1 Å². The molecule has 1 heterocycles. The van der Waals surface area contributed by atoms with Gasteiger partial charge in [0.1, 0.15) is 0 Å². The van der Waals surface area contributed by atoms with E-state index in [1.807, 2.05) is 0 Å². The van der Waals surface area contributed by atoms with Gasteiger partial charge in [-0.25, -0.2) is 0 Å². The van der Waals surface area contributed by atoms with Crippen LogP contribution in [0.1, 0.15) is 223 Å². The number of hydrogen-bond acceptors (Lipinski definition) is 5. The van der Waals surface area contributed by atoms with E-state index < -0.39 is 0 Å². The van der Waals surface area contributed by atoms with E-state index in [0.29, 0.717) is 67.1 Å². The first-order chi connectivity index (χ1) is 24.8. The van der Waals surface area contributed by atoms with Crippen molar-refractivity contribution in [2.24, 2.45) is 35.5 Å². The van der Waals surface area contributed by atoms with E-state index in [-0.39, 0.29) is 11.9 Å². The molecule has 0 radical (unpaired) electrons. The number of rotatable bonds is 33. The Kier molecular flexibility index (Phi) is 28.4. The maximum absolute atomic E-state index is 12.3. The number of nitrogens with zero attached hydrogens (tertiary/aromatic N) is 1. The highest BCUT2D eigenvalue weighted by atomic mass is 16.5. The van der Waals surface area contributed by atoms with Crippen LogP contribution in [0.4, 0.5) is 0 Å².